The van der Waals surface area contributed by atoms with Gasteiger partial charge < -0.3 is 50.9 Å². The molecule has 1 aromatic carbocycles. The summed E-state index contributed by atoms with van der Waals surface area (Å²) >= 11 is 7.25. The number of carbonyl (C=O) groups excluding carboxylic acids is 2. The van der Waals surface area contributed by atoms with Crippen LogP contribution in [-0.4, -0.2) is 211 Å². The lowest BCUT2D eigenvalue weighted by Gasteiger charge is -2.37. The number of likely N-dealkylation sites (tertiary alicyclic amines) is 2. The van der Waals surface area contributed by atoms with Crippen molar-refractivity contribution in [1.82, 2.24) is 69.7 Å². The van der Waals surface area contributed by atoms with Gasteiger partial charge in [0.25, 0.3) is 0 Å². The zero-order valence-electron chi connectivity index (χ0n) is 66.4. The molecule has 8 aliphatic carbocycles. The summed E-state index contributed by atoms with van der Waals surface area (Å²) in [5.74, 6) is 4.74. The van der Waals surface area contributed by atoms with Gasteiger partial charge in [0.2, 0.25) is 23.6 Å². The highest BCUT2D eigenvalue weighted by Gasteiger charge is 2.37. The molecule has 10 heterocycles. The third-order valence-electron chi connectivity index (χ3n) is 25.6. The second kappa shape index (κ2) is 37.2. The van der Waals surface area contributed by atoms with E-state index in [0.29, 0.717) is 49.7 Å². The molecule has 5 N–H and O–H groups in total. The molecular formula is C85H112F4N18O3S4. The minimum Gasteiger partial charge on any atom is -0.474 e. The van der Waals surface area contributed by atoms with Crippen molar-refractivity contribution in [3.05, 3.63) is 91.1 Å². The highest BCUT2D eigenvalue weighted by molar-refractivity contribution is 7.20. The largest absolute Gasteiger partial charge is 0.474 e. The predicted molar refractivity (Wildman–Crippen MR) is 453 cm³/mol. The Bertz CT molecular complexity index is 4690. The lowest BCUT2D eigenvalue weighted by Crippen LogP contribution is -2.50. The van der Waals surface area contributed by atoms with Crippen LogP contribution in [0.25, 0.3) is 40.9 Å². The van der Waals surface area contributed by atoms with E-state index in [-0.39, 0.29) is 42.7 Å². The number of fused-ring (bicyclic) bond motifs is 12. The number of nitrogens with one attached hydrogen (secondary N) is 5. The Balaban J connectivity index is 0.000000116. The Morgan fingerprint density at radius 2 is 0.912 bits per heavy atom. The highest BCUT2D eigenvalue weighted by Crippen LogP contribution is 2.45. The normalized spacial score (nSPS) is 23.3. The molecule has 29 heteroatoms. The lowest BCUT2D eigenvalue weighted by molar-refractivity contribution is -0.136. The van der Waals surface area contributed by atoms with Crippen LogP contribution in [-0.2, 0) is 61.0 Å². The van der Waals surface area contributed by atoms with Gasteiger partial charge in [0.05, 0.1) is 41.2 Å². The monoisotopic (exact) mass is 1640 g/mol. The quantitative estimate of drug-likeness (QED) is 0.0422. The van der Waals surface area contributed by atoms with Gasteiger partial charge in [-0.2, -0.15) is 18.2 Å². The van der Waals surface area contributed by atoms with Crippen LogP contribution in [0.1, 0.15) is 196 Å². The number of halogens is 4. The molecule has 19 rings (SSSR count). The van der Waals surface area contributed by atoms with Crippen molar-refractivity contribution in [2.45, 2.75) is 260 Å². The summed E-state index contributed by atoms with van der Waals surface area (Å²) in [5, 5.41) is 21.9. The molecular weight excluding hydrogens is 1530 g/mol. The molecule has 0 spiro atoms. The number of aryl methyl sites for hydroxylation is 8. The first kappa shape index (κ1) is 80.7. The van der Waals surface area contributed by atoms with E-state index in [9.17, 15) is 27.2 Å². The van der Waals surface area contributed by atoms with Crippen LogP contribution >= 0.6 is 45.3 Å². The van der Waals surface area contributed by atoms with Crippen LogP contribution in [0.15, 0.2) is 49.3 Å². The zero-order valence-corrected chi connectivity index (χ0v) is 69.7. The van der Waals surface area contributed by atoms with Gasteiger partial charge in [-0.15, -0.1) is 45.3 Å². The number of carbonyl (C=O) groups is 2. The number of aromatic nitrogens is 8. The third-order valence-corrected chi connectivity index (χ3v) is 30.4. The molecule has 0 unspecified atom stereocenters. The van der Waals surface area contributed by atoms with Crippen molar-refractivity contribution < 1.29 is 31.9 Å². The number of amides is 2. The van der Waals surface area contributed by atoms with E-state index in [2.05, 4.69) is 97.4 Å². The summed E-state index contributed by atoms with van der Waals surface area (Å²) in [6, 6.07) is 12.8. The van der Waals surface area contributed by atoms with E-state index >= 15 is 0 Å². The van der Waals surface area contributed by atoms with Crippen LogP contribution in [0.4, 0.5) is 46.7 Å². The number of alkyl halides is 4. The van der Waals surface area contributed by atoms with E-state index < -0.39 is 12.7 Å². The second-order valence-corrected chi connectivity index (χ2v) is 37.7. The number of hydrogen-bond acceptors (Lipinski definition) is 23. The topological polar surface area (TPSA) is 223 Å². The van der Waals surface area contributed by atoms with Crippen molar-refractivity contribution in [1.29, 1.82) is 0 Å². The average molecular weight is 1640 g/mol. The molecule has 2 saturated heterocycles. The number of ether oxygens (including phenoxy) is 1. The summed E-state index contributed by atoms with van der Waals surface area (Å²) < 4.78 is 56.0. The molecule has 21 nitrogen and oxygen atoms in total. The maximum Gasteiger partial charge on any atom is 0.401 e. The molecule has 0 radical (unpaired) electrons. The van der Waals surface area contributed by atoms with E-state index in [1.165, 1.54) is 117 Å². The smallest absolute Gasteiger partial charge is 0.401 e. The van der Waals surface area contributed by atoms with Crippen LogP contribution in [0.3, 0.4) is 0 Å². The number of thiophene rings is 4. The van der Waals surface area contributed by atoms with Crippen molar-refractivity contribution >= 4 is 127 Å². The summed E-state index contributed by atoms with van der Waals surface area (Å²) in [6.07, 6.45) is 35.6. The van der Waals surface area contributed by atoms with Crippen LogP contribution in [0.2, 0.25) is 0 Å². The van der Waals surface area contributed by atoms with E-state index in [1.54, 1.807) is 41.7 Å². The third kappa shape index (κ3) is 19.3. The Labute approximate surface area is 682 Å². The molecule has 612 valence electrons. The van der Waals surface area contributed by atoms with Gasteiger partial charge in [-0.1, -0.05) is 18.2 Å². The molecule has 2 amide bonds. The molecule has 0 bridgehead atoms. The van der Waals surface area contributed by atoms with Crippen LogP contribution in [0.5, 0.6) is 5.88 Å². The molecule has 10 aliphatic rings. The van der Waals surface area contributed by atoms with Crippen LogP contribution in [0, 0.1) is 0 Å². The Morgan fingerprint density at radius 1 is 0.482 bits per heavy atom. The highest BCUT2D eigenvalue weighted by atomic mass is 32.1. The molecule has 9 aromatic rings. The maximum atomic E-state index is 13.0. The molecule has 0 atom stereocenters. The van der Waals surface area contributed by atoms with Crippen LogP contribution < -0.4 is 31.3 Å². The first-order valence-corrected chi connectivity index (χ1v) is 45.7. The summed E-state index contributed by atoms with van der Waals surface area (Å²) in [4.78, 5) is 83.7. The number of anilines is 5. The van der Waals surface area contributed by atoms with Gasteiger partial charge in [0.1, 0.15) is 68.5 Å². The molecule has 6 fully saturated rings. The minimum absolute atomic E-state index is 0.0458. The van der Waals surface area contributed by atoms with E-state index in [1.807, 2.05) is 57.7 Å². The summed E-state index contributed by atoms with van der Waals surface area (Å²) in [7, 11) is 6.44. The molecule has 8 aromatic heterocycles. The standard InChI is InChI=1S/C27H37N5O3S.C23H29N5S.C18H25FN4S.C17H21F3N4S/c33-23(30-12-1-2-13-30)16-32(17-24(34)31-14-3-4-15-31)19-8-10-20(11-9-19)35-26-25-21-6-5-7-22(21)36-27(25)29-18-28-26;1-28(2)17-13-11-16(12-14-17)24-21-20-18-9-6-10-19(18)29-22(20)27-23(26-21)25-15-7-4-3-5-8-15;1-23(10-9-19)13-7-5-12(6-8-13)22-17-16-14-3-2-4-15(14)24-18(16)21-11-20-17;18-17(19,20)8-21-10-4-6-11(7-5-10)24-15-14-12-2-1-3-13(12)25-16(14)23-9-22-15/h18-20H,1-17H2;3-5,7-8,16-17H,6,9-14H2,1-2H3,(H2,24,25,26,27);11-13H,2-10H2,1H3,(H,20,21,22);9-11,21H,1-8H2,(H,22,23,24). The van der Waals surface area contributed by atoms with Gasteiger partial charge in [-0.25, -0.2) is 39.3 Å². The molecule has 2 aliphatic heterocycles. The van der Waals surface area contributed by atoms with Gasteiger partial charge in [-0.3, -0.25) is 14.5 Å². The number of hydrogen-bond donors (Lipinski definition) is 5. The first-order valence-electron chi connectivity index (χ1n) is 42.5. The maximum absolute atomic E-state index is 13.0. The van der Waals surface area contributed by atoms with Crippen molar-refractivity contribution in [2.24, 2.45) is 0 Å². The van der Waals surface area contributed by atoms with E-state index in [4.69, 9.17) is 14.7 Å². The van der Waals surface area contributed by atoms with Crippen molar-refractivity contribution in [3.63, 3.8) is 0 Å². The first-order chi connectivity index (χ1) is 55.6. The number of para-hydroxylation sites is 1. The fourth-order valence-electron chi connectivity index (χ4n) is 19.3. The lowest BCUT2D eigenvalue weighted by atomic mass is 9.90. The fraction of sp³-hybridized carbons (Fsp3) is 0.624. The SMILES string of the molecule is CN(C)C1CCC(Nc2nc(Nc3ccccc3)nc3sc4c(c23)CCC4)CC1.CN(CCF)C1CCC(Nc2ncnc3sc4c(c23)CCC4)CC1.FC(F)(F)CNC1CCC(Nc2ncnc3sc4c(c23)CCC4)CC1.O=C(CN(CC(=O)N1CCCC1)C1CCC(Oc2ncnc3sc4c(c23)CCC4)CC1)N1CCCC1. The van der Waals surface area contributed by atoms with E-state index in [0.717, 1.165) is 227 Å². The minimum atomic E-state index is -4.14. The molecule has 4 saturated carbocycles. The zero-order chi connectivity index (χ0) is 78.2. The number of rotatable bonds is 21. The summed E-state index contributed by atoms with van der Waals surface area (Å²) in [5.41, 5.74) is 6.78. The number of nitrogens with zero attached hydrogens (tertiary/aromatic N) is 13. The number of benzene rings is 1. The Kier molecular flexibility index (Phi) is 26.3. The average Bonchev–Trinajstić information content (AvgIpc) is 1.61. The Morgan fingerprint density at radius 3 is 1.40 bits per heavy atom. The van der Waals surface area contributed by atoms with Crippen molar-refractivity contribution in [3.8, 4) is 5.88 Å². The fourth-order valence-corrected chi connectivity index (χ4v) is 24.3. The molecule has 114 heavy (non-hydrogen) atoms. The Hall–Kier alpha value is -7.12. The van der Waals surface area contributed by atoms with Gasteiger partial charge in [-0.05, 0) is 261 Å². The summed E-state index contributed by atoms with van der Waals surface area (Å²) in [6.45, 7) is 3.52. The van der Waals surface area contributed by atoms with Gasteiger partial charge in [0, 0.05) is 100 Å². The van der Waals surface area contributed by atoms with Crippen molar-refractivity contribution in [2.75, 3.05) is 101 Å². The predicted octanol–water partition coefficient (Wildman–Crippen LogP) is 16.5. The van der Waals surface area contributed by atoms with Gasteiger partial charge in [0.15, 0.2) is 0 Å². The second-order valence-electron chi connectivity index (χ2n) is 33.4. The van der Waals surface area contributed by atoms with Gasteiger partial charge >= 0.3 is 6.18 Å².